The molecule has 11 heteroatoms. The van der Waals surface area contributed by atoms with E-state index in [9.17, 15) is 19.5 Å². The van der Waals surface area contributed by atoms with Gasteiger partial charge in [0.1, 0.15) is 29.9 Å². The number of rotatable bonds is 8. The minimum Gasteiger partial charge on any atom is -0.396 e. The van der Waals surface area contributed by atoms with Crippen LogP contribution in [0, 0.1) is 12.3 Å². The Morgan fingerprint density at radius 2 is 1.83 bits per heavy atom. The first-order valence-corrected chi connectivity index (χ1v) is 13.6. The third-order valence-electron chi connectivity index (χ3n) is 7.99. The number of hydrogen-bond acceptors (Lipinski definition) is 8. The minimum atomic E-state index is -0.784. The molecule has 2 unspecified atom stereocenters. The number of piperidine rings is 1. The molecule has 214 valence electrons. The summed E-state index contributed by atoms with van der Waals surface area (Å²) in [5.74, 6) is -0.0603. The number of ketones is 1. The molecule has 1 aliphatic carbocycles. The van der Waals surface area contributed by atoms with E-state index in [1.807, 2.05) is 38.1 Å². The molecule has 2 amide bonds. The number of aromatic nitrogens is 4. The predicted octanol–water partition coefficient (Wildman–Crippen LogP) is 2.63. The number of nitrogens with one attached hydrogen (secondary N) is 1. The summed E-state index contributed by atoms with van der Waals surface area (Å²) in [6.45, 7) is 8.63. The number of nitrogens with zero attached hydrogens (tertiary/aromatic N) is 5. The lowest BCUT2D eigenvalue weighted by atomic mass is 10.00. The van der Waals surface area contributed by atoms with Crippen LogP contribution in [-0.4, -0.2) is 66.0 Å². The van der Waals surface area contributed by atoms with Crippen LogP contribution in [0.1, 0.15) is 56.8 Å². The van der Waals surface area contributed by atoms with Crippen molar-refractivity contribution in [2.24, 2.45) is 11.1 Å². The van der Waals surface area contributed by atoms with E-state index >= 15 is 0 Å². The maximum Gasteiger partial charge on any atom is 0.248 e. The number of aliphatic hydroxyl groups is 1. The number of aliphatic hydroxyl groups excluding tert-OH is 1. The molecule has 1 aliphatic heterocycles. The van der Waals surface area contributed by atoms with E-state index in [4.69, 9.17) is 5.73 Å². The average Bonchev–Trinajstić information content (AvgIpc) is 3.36. The number of fused-ring (bicyclic) bond motifs is 2. The fourth-order valence-corrected chi connectivity index (χ4v) is 5.76. The monoisotopic (exact) mass is 557 g/mol. The van der Waals surface area contributed by atoms with Crippen molar-refractivity contribution < 1.29 is 19.5 Å². The number of amides is 2. The number of hydrogen-bond donors (Lipinski definition) is 3. The molecule has 41 heavy (non-hydrogen) atoms. The zero-order valence-corrected chi connectivity index (χ0v) is 23.9. The molecule has 5 rings (SSSR count). The highest BCUT2D eigenvalue weighted by molar-refractivity contribution is 6.06. The van der Waals surface area contributed by atoms with Crippen LogP contribution in [0.2, 0.25) is 0 Å². The normalized spacial score (nSPS) is 21.8. The Bertz CT molecular complexity index is 1620. The minimum absolute atomic E-state index is 0.113. The van der Waals surface area contributed by atoms with Crippen LogP contribution in [-0.2, 0) is 16.1 Å². The number of allylic oxidation sites excluding steroid dienone is 3. The number of nitrogens with two attached hydrogens (primary N) is 1. The predicted molar refractivity (Wildman–Crippen MR) is 153 cm³/mol. The summed E-state index contributed by atoms with van der Waals surface area (Å²) in [4.78, 5) is 49.7. The lowest BCUT2D eigenvalue weighted by molar-refractivity contribution is -0.140. The van der Waals surface area contributed by atoms with Gasteiger partial charge in [-0.3, -0.25) is 19.1 Å². The second kappa shape index (κ2) is 10.5. The van der Waals surface area contributed by atoms with Crippen molar-refractivity contribution in [1.82, 2.24) is 30.0 Å². The van der Waals surface area contributed by atoms with E-state index < -0.39 is 17.4 Å². The van der Waals surface area contributed by atoms with Crippen LogP contribution >= 0.6 is 0 Å². The lowest BCUT2D eigenvalue weighted by Crippen LogP contribution is -2.49. The topological polar surface area (TPSA) is 156 Å². The molecule has 2 aliphatic rings. The van der Waals surface area contributed by atoms with Crippen molar-refractivity contribution in [3.8, 4) is 11.1 Å². The largest absolute Gasteiger partial charge is 0.396 e. The van der Waals surface area contributed by atoms with Gasteiger partial charge >= 0.3 is 0 Å². The van der Waals surface area contributed by atoms with Crippen molar-refractivity contribution in [3.63, 3.8) is 0 Å². The van der Waals surface area contributed by atoms with E-state index in [0.717, 1.165) is 16.7 Å². The van der Waals surface area contributed by atoms with Crippen LogP contribution in [0.3, 0.4) is 0 Å². The highest BCUT2D eigenvalue weighted by Crippen LogP contribution is 2.59. The van der Waals surface area contributed by atoms with E-state index in [1.165, 1.54) is 11.6 Å². The Balaban J connectivity index is 1.44. The molecule has 3 aromatic rings. The molecule has 4 N–H and O–H groups in total. The Kier molecular flexibility index (Phi) is 7.24. The molecule has 2 fully saturated rings. The zero-order valence-electron chi connectivity index (χ0n) is 23.9. The summed E-state index contributed by atoms with van der Waals surface area (Å²) < 4.78 is 1.51. The Morgan fingerprint density at radius 3 is 2.46 bits per heavy atom. The highest BCUT2D eigenvalue weighted by atomic mass is 16.3. The van der Waals surface area contributed by atoms with E-state index in [-0.39, 0.29) is 42.4 Å². The van der Waals surface area contributed by atoms with Gasteiger partial charge in [0.25, 0.3) is 0 Å². The van der Waals surface area contributed by atoms with Crippen LogP contribution in [0.5, 0.6) is 0 Å². The summed E-state index contributed by atoms with van der Waals surface area (Å²) in [5, 5.41) is 18.0. The molecular weight excluding hydrogens is 522 g/mol. The van der Waals surface area contributed by atoms with Crippen LogP contribution in [0.15, 0.2) is 53.6 Å². The second-order valence-electron chi connectivity index (χ2n) is 11.4. The van der Waals surface area contributed by atoms with Gasteiger partial charge < -0.3 is 21.1 Å². The first-order chi connectivity index (χ1) is 19.4. The average molecular weight is 558 g/mol. The number of benzene rings is 1. The number of carbonyl (C=O) groups excluding carboxylic acids is 3. The molecule has 3 heterocycles. The maximum atomic E-state index is 13.8. The van der Waals surface area contributed by atoms with Crippen molar-refractivity contribution in [3.05, 3.63) is 65.2 Å². The van der Waals surface area contributed by atoms with Gasteiger partial charge in [0, 0.05) is 41.7 Å². The molecule has 2 aromatic heterocycles. The van der Waals surface area contributed by atoms with Crippen LogP contribution in [0.4, 0.5) is 0 Å². The standard InChI is InChI=1S/C30H35N7O4/c1-16(2)8-17(3)28(31)34-29(41)24-10-30(15-38)11-25(30)37(24)26(40)14-36-23-7-6-20(21-12-32-19(5)33-13-21)9-22(23)27(35-36)18(4)39/h6-9,12-13,24-25,38H,10-11,14-15,31H2,1-5H3,(H,34,41)/b28-17+/t24-,25?,30?/m0/s1. The highest BCUT2D eigenvalue weighted by Gasteiger charge is 2.66. The van der Waals surface area contributed by atoms with Gasteiger partial charge in [-0.2, -0.15) is 5.10 Å². The Labute approximate surface area is 238 Å². The molecule has 0 spiro atoms. The molecule has 1 aromatic carbocycles. The van der Waals surface area contributed by atoms with Crippen LogP contribution in [0.25, 0.3) is 22.0 Å². The lowest BCUT2D eigenvalue weighted by Gasteiger charge is -2.27. The van der Waals surface area contributed by atoms with Gasteiger partial charge in [-0.25, -0.2) is 9.97 Å². The van der Waals surface area contributed by atoms with Crippen LogP contribution < -0.4 is 11.1 Å². The van der Waals surface area contributed by atoms with E-state index in [0.29, 0.717) is 35.1 Å². The molecular formula is C30H35N7O4. The number of Topliss-reactive ketones (excluding diaryl/α,β-unsaturated/α-hetero) is 1. The third-order valence-corrected chi connectivity index (χ3v) is 7.99. The Morgan fingerprint density at radius 1 is 1.12 bits per heavy atom. The number of carbonyl (C=O) groups is 3. The molecule has 0 bridgehead atoms. The van der Waals surface area contributed by atoms with E-state index in [1.54, 1.807) is 31.1 Å². The van der Waals surface area contributed by atoms with Gasteiger partial charge in [0.15, 0.2) is 5.78 Å². The molecule has 11 nitrogen and oxygen atoms in total. The van der Waals surface area contributed by atoms with Gasteiger partial charge in [0.05, 0.1) is 12.1 Å². The van der Waals surface area contributed by atoms with E-state index in [2.05, 4.69) is 20.4 Å². The van der Waals surface area contributed by atoms with Crippen molar-refractivity contribution in [1.29, 1.82) is 0 Å². The first-order valence-electron chi connectivity index (χ1n) is 13.6. The van der Waals surface area contributed by atoms with Crippen molar-refractivity contribution >= 4 is 28.5 Å². The third kappa shape index (κ3) is 5.24. The second-order valence-corrected chi connectivity index (χ2v) is 11.4. The van der Waals surface area contributed by atoms with Crippen molar-refractivity contribution in [2.75, 3.05) is 6.61 Å². The van der Waals surface area contributed by atoms with Gasteiger partial charge in [-0.15, -0.1) is 0 Å². The summed E-state index contributed by atoms with van der Waals surface area (Å²) >= 11 is 0. The zero-order chi connectivity index (χ0) is 29.6. The van der Waals surface area contributed by atoms with Crippen molar-refractivity contribution in [2.45, 2.75) is 66.1 Å². The fourth-order valence-electron chi connectivity index (χ4n) is 5.76. The summed E-state index contributed by atoms with van der Waals surface area (Å²) in [7, 11) is 0. The van der Waals surface area contributed by atoms with Gasteiger partial charge in [-0.05, 0) is 63.8 Å². The molecule has 1 saturated carbocycles. The molecule has 3 atom stereocenters. The molecule has 0 radical (unpaired) electrons. The quantitative estimate of drug-likeness (QED) is 0.282. The SMILES string of the molecule is CC(=O)c1nn(CC(=O)N2C3CC3(CO)C[C@H]2C(=O)N/C(N)=C(\C)C=C(C)C)c2ccc(-c3cnc(C)nc3)cc12. The molecule has 1 saturated heterocycles. The Hall–Kier alpha value is -4.38. The summed E-state index contributed by atoms with van der Waals surface area (Å²) in [6.07, 6.45) is 6.28. The fraction of sp³-hybridized carbons (Fsp3) is 0.400. The smallest absolute Gasteiger partial charge is 0.248 e. The first kappa shape index (κ1) is 28.2. The number of likely N-dealkylation sites (tertiary alicyclic amines) is 1. The van der Waals surface area contributed by atoms with Gasteiger partial charge in [0.2, 0.25) is 11.8 Å². The van der Waals surface area contributed by atoms with Gasteiger partial charge in [-0.1, -0.05) is 17.7 Å². The number of aryl methyl sites for hydroxylation is 1. The summed E-state index contributed by atoms with van der Waals surface area (Å²) in [5.41, 5.74) is 9.89. The summed E-state index contributed by atoms with van der Waals surface area (Å²) in [6, 6.07) is 4.51. The maximum absolute atomic E-state index is 13.8.